The molecule has 3 amide bonds. The van der Waals surface area contributed by atoms with Gasteiger partial charge < -0.3 is 31.5 Å². The van der Waals surface area contributed by atoms with Crippen molar-refractivity contribution in [2.45, 2.75) is 70.1 Å². The van der Waals surface area contributed by atoms with Crippen LogP contribution in [-0.4, -0.2) is 75.5 Å². The van der Waals surface area contributed by atoms with E-state index in [1.165, 1.54) is 4.90 Å². The van der Waals surface area contributed by atoms with Gasteiger partial charge in [-0.2, -0.15) is 0 Å². The average Bonchev–Trinajstić information content (AvgIpc) is 3.27. The van der Waals surface area contributed by atoms with Gasteiger partial charge in [0.25, 0.3) is 0 Å². The first-order valence-corrected chi connectivity index (χ1v) is 11.6. The molecule has 1 aromatic rings. The molecule has 0 aliphatic carbocycles. The molecule has 11 nitrogen and oxygen atoms in total. The molecule has 1 aliphatic rings. The Kier molecular flexibility index (Phi) is 10.2. The Morgan fingerprint density at radius 3 is 2.29 bits per heavy atom. The first-order chi connectivity index (χ1) is 16.5. The van der Waals surface area contributed by atoms with Crippen LogP contribution < -0.4 is 16.4 Å². The maximum absolute atomic E-state index is 13.2. The van der Waals surface area contributed by atoms with Crippen molar-refractivity contribution >= 4 is 29.7 Å². The molecule has 0 saturated carbocycles. The lowest BCUT2D eigenvalue weighted by Gasteiger charge is -2.29. The minimum atomic E-state index is -1.66. The lowest BCUT2D eigenvalue weighted by atomic mass is 10.0. The van der Waals surface area contributed by atoms with Crippen LogP contribution in [0.2, 0.25) is 0 Å². The minimum Gasteiger partial charge on any atom is -0.481 e. The van der Waals surface area contributed by atoms with Gasteiger partial charge in [-0.3, -0.25) is 19.2 Å². The van der Waals surface area contributed by atoms with E-state index in [1.807, 2.05) is 13.8 Å². The van der Waals surface area contributed by atoms with E-state index in [0.717, 1.165) is 0 Å². The molecule has 4 unspecified atom stereocenters. The fraction of sp³-hybridized carbons (Fsp3) is 0.542. The number of amides is 3. The van der Waals surface area contributed by atoms with Crippen molar-refractivity contribution in [3.8, 4) is 0 Å². The van der Waals surface area contributed by atoms with Gasteiger partial charge in [0.05, 0.1) is 12.5 Å². The molecule has 0 aromatic heterocycles. The van der Waals surface area contributed by atoms with E-state index in [-0.39, 0.29) is 18.2 Å². The van der Waals surface area contributed by atoms with Crippen LogP contribution >= 0.6 is 0 Å². The zero-order valence-electron chi connectivity index (χ0n) is 20.0. The minimum absolute atomic E-state index is 0.0470. The monoisotopic (exact) mass is 490 g/mol. The third kappa shape index (κ3) is 8.36. The van der Waals surface area contributed by atoms with E-state index in [0.29, 0.717) is 31.4 Å². The highest BCUT2D eigenvalue weighted by atomic mass is 16.4. The Morgan fingerprint density at radius 2 is 1.71 bits per heavy atom. The van der Waals surface area contributed by atoms with Gasteiger partial charge in [0.2, 0.25) is 17.7 Å². The molecular weight excluding hydrogens is 456 g/mol. The summed E-state index contributed by atoms with van der Waals surface area (Å²) < 4.78 is 0. The first-order valence-electron chi connectivity index (χ1n) is 11.6. The quantitative estimate of drug-likeness (QED) is 0.274. The number of carbonyl (C=O) groups is 5. The van der Waals surface area contributed by atoms with E-state index in [9.17, 15) is 29.1 Å². The van der Waals surface area contributed by atoms with Crippen molar-refractivity contribution in [1.82, 2.24) is 15.5 Å². The second kappa shape index (κ2) is 12.8. The maximum Gasteiger partial charge on any atom is 0.326 e. The van der Waals surface area contributed by atoms with Gasteiger partial charge in [-0.1, -0.05) is 44.2 Å². The van der Waals surface area contributed by atoms with E-state index < -0.39 is 54.3 Å². The van der Waals surface area contributed by atoms with E-state index >= 15 is 0 Å². The van der Waals surface area contributed by atoms with Crippen molar-refractivity contribution in [1.29, 1.82) is 0 Å². The predicted molar refractivity (Wildman–Crippen MR) is 126 cm³/mol. The Morgan fingerprint density at radius 1 is 1.06 bits per heavy atom. The third-order valence-corrected chi connectivity index (χ3v) is 5.79. The summed E-state index contributed by atoms with van der Waals surface area (Å²) in [6.07, 6.45) is 0.718. The molecule has 0 bridgehead atoms. The van der Waals surface area contributed by atoms with Crippen LogP contribution in [0, 0.1) is 5.92 Å². The number of carboxylic acid groups (broad SMARTS) is 2. The molecule has 1 aliphatic heterocycles. The van der Waals surface area contributed by atoms with Crippen molar-refractivity contribution in [3.05, 3.63) is 35.9 Å². The zero-order valence-corrected chi connectivity index (χ0v) is 20.0. The van der Waals surface area contributed by atoms with Gasteiger partial charge >= 0.3 is 11.9 Å². The fourth-order valence-electron chi connectivity index (χ4n) is 4.10. The van der Waals surface area contributed by atoms with Crippen LogP contribution in [0.15, 0.2) is 30.3 Å². The number of rotatable bonds is 12. The normalized spacial score (nSPS) is 17.9. The highest BCUT2D eigenvalue weighted by Crippen LogP contribution is 2.20. The summed E-state index contributed by atoms with van der Waals surface area (Å²) in [6.45, 7) is 4.27. The van der Waals surface area contributed by atoms with Crippen LogP contribution in [0.3, 0.4) is 0 Å². The van der Waals surface area contributed by atoms with Gasteiger partial charge in [0.15, 0.2) is 0 Å². The molecule has 1 heterocycles. The summed E-state index contributed by atoms with van der Waals surface area (Å²) in [5, 5.41) is 23.1. The van der Waals surface area contributed by atoms with Crippen LogP contribution in [-0.2, 0) is 30.4 Å². The maximum atomic E-state index is 13.2. The molecule has 4 atom stereocenters. The molecule has 1 aromatic carbocycles. The standard InChI is InChI=1S/C24H34N4O7/c1-14(2)11-16(25)23(33)28-10-6-9-19(28)22(32)26-17(12-15-7-4-3-5-8-15)21(31)27-18(24(34)35)13-20(29)30/h3-5,7-8,14,16-19H,6,9-13,25H2,1-2H3,(H,26,32)(H,27,31)(H,29,30)(H,34,35). The Labute approximate surface area is 204 Å². The summed E-state index contributed by atoms with van der Waals surface area (Å²) in [7, 11) is 0. The second-order valence-electron chi connectivity index (χ2n) is 9.17. The SMILES string of the molecule is CC(C)CC(N)C(=O)N1CCCC1C(=O)NC(Cc1ccccc1)C(=O)NC(CC(=O)O)C(=O)O. The van der Waals surface area contributed by atoms with E-state index in [1.54, 1.807) is 30.3 Å². The predicted octanol–water partition coefficient (Wildman–Crippen LogP) is 0.122. The summed E-state index contributed by atoms with van der Waals surface area (Å²) in [5.41, 5.74) is 6.75. The van der Waals surface area contributed by atoms with Crippen molar-refractivity contribution in [2.24, 2.45) is 11.7 Å². The lowest BCUT2D eigenvalue weighted by molar-refractivity contribution is -0.147. The average molecular weight is 491 g/mol. The number of carboxylic acids is 2. The fourth-order valence-corrected chi connectivity index (χ4v) is 4.10. The molecule has 35 heavy (non-hydrogen) atoms. The Bertz CT molecular complexity index is 922. The van der Waals surface area contributed by atoms with Crippen molar-refractivity contribution < 1.29 is 34.2 Å². The van der Waals surface area contributed by atoms with Gasteiger partial charge in [0, 0.05) is 13.0 Å². The molecule has 0 spiro atoms. The largest absolute Gasteiger partial charge is 0.481 e. The van der Waals surface area contributed by atoms with Crippen LogP contribution in [0.1, 0.15) is 45.1 Å². The molecular formula is C24H34N4O7. The number of nitrogens with zero attached hydrogens (tertiary/aromatic N) is 1. The second-order valence-corrected chi connectivity index (χ2v) is 9.17. The molecule has 0 radical (unpaired) electrons. The number of benzene rings is 1. The lowest BCUT2D eigenvalue weighted by Crippen LogP contribution is -2.57. The van der Waals surface area contributed by atoms with E-state index in [4.69, 9.17) is 10.8 Å². The Balaban J connectivity index is 2.19. The summed E-state index contributed by atoms with van der Waals surface area (Å²) >= 11 is 0. The van der Waals surface area contributed by atoms with Crippen molar-refractivity contribution in [2.75, 3.05) is 6.54 Å². The highest BCUT2D eigenvalue weighted by molar-refractivity contribution is 5.95. The number of nitrogens with two attached hydrogens (primary N) is 1. The van der Waals surface area contributed by atoms with Crippen molar-refractivity contribution in [3.63, 3.8) is 0 Å². The number of hydrogen-bond donors (Lipinski definition) is 5. The van der Waals surface area contributed by atoms with Gasteiger partial charge in [-0.15, -0.1) is 0 Å². The highest BCUT2D eigenvalue weighted by Gasteiger charge is 2.38. The first kappa shape index (κ1) is 27.8. The number of nitrogens with one attached hydrogen (secondary N) is 2. The zero-order chi connectivity index (χ0) is 26.1. The molecule has 1 saturated heterocycles. The van der Waals surface area contributed by atoms with Crippen LogP contribution in [0.4, 0.5) is 0 Å². The number of likely N-dealkylation sites (tertiary alicyclic amines) is 1. The number of aliphatic carboxylic acids is 2. The molecule has 6 N–H and O–H groups in total. The Hall–Kier alpha value is -3.47. The van der Waals surface area contributed by atoms with Gasteiger partial charge in [-0.05, 0) is 30.7 Å². The van der Waals surface area contributed by atoms with Gasteiger partial charge in [0.1, 0.15) is 18.1 Å². The molecule has 192 valence electrons. The number of carbonyl (C=O) groups excluding carboxylic acids is 3. The topological polar surface area (TPSA) is 179 Å². The summed E-state index contributed by atoms with van der Waals surface area (Å²) in [5.74, 6) is -4.39. The third-order valence-electron chi connectivity index (χ3n) is 5.79. The molecule has 1 fully saturated rings. The summed E-state index contributed by atoms with van der Waals surface area (Å²) in [6, 6.07) is 4.40. The number of hydrogen-bond acceptors (Lipinski definition) is 6. The van der Waals surface area contributed by atoms with Crippen LogP contribution in [0.25, 0.3) is 0 Å². The molecule has 11 heteroatoms. The molecule has 2 rings (SSSR count). The van der Waals surface area contributed by atoms with Crippen LogP contribution in [0.5, 0.6) is 0 Å². The summed E-state index contributed by atoms with van der Waals surface area (Å²) in [4.78, 5) is 62.8. The smallest absolute Gasteiger partial charge is 0.326 e. The van der Waals surface area contributed by atoms with E-state index in [2.05, 4.69) is 10.6 Å². The van der Waals surface area contributed by atoms with Gasteiger partial charge in [-0.25, -0.2) is 4.79 Å².